The SMILES string of the molecule is [2H]C([2H])([2H])c1cc(-c2cc(C(C)(C)C)cc(-c3ccccc3)c2Nc2ccccc2N)cc(C([2H])([2H])[2H])c1. The molecule has 4 aromatic carbocycles. The molecule has 0 aromatic heterocycles. The number of anilines is 3. The Balaban J connectivity index is 2.12. The molecule has 0 aliphatic carbocycles. The first kappa shape index (κ1) is 15.3. The summed E-state index contributed by atoms with van der Waals surface area (Å²) < 4.78 is 48.2. The van der Waals surface area contributed by atoms with Crippen LogP contribution in [0.15, 0.2) is 84.9 Å². The van der Waals surface area contributed by atoms with Gasteiger partial charge < -0.3 is 11.1 Å². The summed E-state index contributed by atoms with van der Waals surface area (Å²) in [6, 6.07) is 25.8. The predicted octanol–water partition coefficient (Wildman–Crippen LogP) is 8.26. The second kappa shape index (κ2) is 8.55. The molecule has 0 aliphatic heterocycles. The number of para-hydroxylation sites is 2. The third-order valence-electron chi connectivity index (χ3n) is 5.55. The number of nitrogens with one attached hydrogen (secondary N) is 1. The molecule has 0 bridgehead atoms. The van der Waals surface area contributed by atoms with Crippen molar-refractivity contribution in [2.75, 3.05) is 11.1 Å². The molecule has 0 aliphatic rings. The van der Waals surface area contributed by atoms with Gasteiger partial charge in [0.25, 0.3) is 0 Å². The molecule has 4 rings (SSSR count). The fourth-order valence-corrected chi connectivity index (χ4v) is 3.81. The van der Waals surface area contributed by atoms with Gasteiger partial charge in [-0.05, 0) is 60.1 Å². The minimum absolute atomic E-state index is 0.0197. The molecular formula is C30H32N2. The maximum atomic E-state index is 8.03. The Morgan fingerprint density at radius 1 is 0.719 bits per heavy atom. The zero-order valence-electron chi connectivity index (χ0n) is 24.7. The van der Waals surface area contributed by atoms with Gasteiger partial charge in [-0.2, -0.15) is 0 Å². The van der Waals surface area contributed by atoms with Gasteiger partial charge >= 0.3 is 0 Å². The molecule has 2 nitrogen and oxygen atoms in total. The van der Waals surface area contributed by atoms with Crippen molar-refractivity contribution in [3.63, 3.8) is 0 Å². The third kappa shape index (κ3) is 4.55. The van der Waals surface area contributed by atoms with Crippen LogP contribution in [0.25, 0.3) is 22.3 Å². The Morgan fingerprint density at radius 3 is 1.91 bits per heavy atom. The average Bonchev–Trinajstić information content (AvgIpc) is 2.84. The van der Waals surface area contributed by atoms with E-state index in [1.807, 2.05) is 54.6 Å². The van der Waals surface area contributed by atoms with Crippen molar-refractivity contribution in [2.24, 2.45) is 0 Å². The molecular weight excluding hydrogens is 388 g/mol. The molecule has 0 spiro atoms. The average molecular weight is 427 g/mol. The normalized spacial score (nSPS) is 15.0. The van der Waals surface area contributed by atoms with Gasteiger partial charge in [-0.15, -0.1) is 0 Å². The van der Waals surface area contributed by atoms with E-state index in [2.05, 4.69) is 32.2 Å². The molecule has 0 atom stereocenters. The maximum Gasteiger partial charge on any atom is 0.0618 e. The number of hydrogen-bond donors (Lipinski definition) is 2. The largest absolute Gasteiger partial charge is 0.397 e. The second-order valence-corrected chi connectivity index (χ2v) is 9.07. The maximum absolute atomic E-state index is 8.03. The fourth-order valence-electron chi connectivity index (χ4n) is 3.81. The molecule has 0 saturated carbocycles. The summed E-state index contributed by atoms with van der Waals surface area (Å²) in [7, 11) is 0. The first-order chi connectivity index (χ1) is 17.6. The molecule has 162 valence electrons. The van der Waals surface area contributed by atoms with Crippen LogP contribution in [0.1, 0.15) is 45.7 Å². The van der Waals surface area contributed by atoms with E-state index >= 15 is 0 Å². The lowest BCUT2D eigenvalue weighted by Crippen LogP contribution is -2.12. The molecule has 0 radical (unpaired) electrons. The Kier molecular flexibility index (Phi) is 4.09. The van der Waals surface area contributed by atoms with Crippen molar-refractivity contribution < 1.29 is 8.22 Å². The summed E-state index contributed by atoms with van der Waals surface area (Å²) in [5.74, 6) is 0. The van der Waals surface area contributed by atoms with E-state index in [1.165, 1.54) is 6.07 Å². The number of rotatable bonds is 4. The van der Waals surface area contributed by atoms with E-state index in [0.29, 0.717) is 28.2 Å². The molecule has 0 fully saturated rings. The lowest BCUT2D eigenvalue weighted by atomic mass is 9.82. The Morgan fingerprint density at radius 2 is 1.31 bits per heavy atom. The van der Waals surface area contributed by atoms with Crippen LogP contribution in [0, 0.1) is 13.7 Å². The van der Waals surface area contributed by atoms with Crippen LogP contribution in [0.3, 0.4) is 0 Å². The number of nitrogen functional groups attached to an aromatic ring is 1. The quantitative estimate of drug-likeness (QED) is 0.322. The van der Waals surface area contributed by atoms with Crippen molar-refractivity contribution >= 4 is 17.1 Å². The molecule has 32 heavy (non-hydrogen) atoms. The molecule has 0 saturated heterocycles. The third-order valence-corrected chi connectivity index (χ3v) is 5.55. The van der Waals surface area contributed by atoms with Crippen molar-refractivity contribution in [3.8, 4) is 22.3 Å². The van der Waals surface area contributed by atoms with Gasteiger partial charge in [-0.25, -0.2) is 0 Å². The van der Waals surface area contributed by atoms with E-state index in [-0.39, 0.29) is 16.5 Å². The number of benzene rings is 4. The zero-order chi connectivity index (χ0) is 27.9. The van der Waals surface area contributed by atoms with Gasteiger partial charge in [0, 0.05) is 19.4 Å². The van der Waals surface area contributed by atoms with Gasteiger partial charge in [0.05, 0.1) is 17.1 Å². The lowest BCUT2D eigenvalue weighted by Gasteiger charge is -2.26. The molecule has 0 heterocycles. The van der Waals surface area contributed by atoms with Crippen LogP contribution in [0.4, 0.5) is 17.1 Å². The highest BCUT2D eigenvalue weighted by atomic mass is 14.9. The molecule has 2 heteroatoms. The molecule has 4 aromatic rings. The number of hydrogen-bond acceptors (Lipinski definition) is 2. The summed E-state index contributed by atoms with van der Waals surface area (Å²) >= 11 is 0. The molecule has 0 unspecified atom stereocenters. The van der Waals surface area contributed by atoms with Crippen LogP contribution in [-0.4, -0.2) is 0 Å². The zero-order valence-corrected chi connectivity index (χ0v) is 18.7. The van der Waals surface area contributed by atoms with Crippen molar-refractivity contribution in [1.82, 2.24) is 0 Å². The van der Waals surface area contributed by atoms with Gasteiger partial charge in [0.2, 0.25) is 0 Å². The van der Waals surface area contributed by atoms with Gasteiger partial charge in [0.15, 0.2) is 0 Å². The van der Waals surface area contributed by atoms with Gasteiger partial charge in [-0.1, -0.05) is 92.6 Å². The highest BCUT2D eigenvalue weighted by Crippen LogP contribution is 2.43. The highest BCUT2D eigenvalue weighted by molar-refractivity contribution is 5.95. The van der Waals surface area contributed by atoms with Crippen molar-refractivity contribution in [1.29, 1.82) is 0 Å². The Hall–Kier alpha value is -3.52. The molecule has 3 N–H and O–H groups in total. The van der Waals surface area contributed by atoms with Crippen LogP contribution < -0.4 is 11.1 Å². The van der Waals surface area contributed by atoms with Crippen molar-refractivity contribution in [2.45, 2.75) is 39.9 Å². The van der Waals surface area contributed by atoms with E-state index < -0.39 is 13.7 Å². The van der Waals surface area contributed by atoms with Gasteiger partial charge in [0.1, 0.15) is 0 Å². The molecule has 0 amide bonds. The van der Waals surface area contributed by atoms with Crippen LogP contribution in [-0.2, 0) is 5.41 Å². The minimum atomic E-state index is -2.47. The van der Waals surface area contributed by atoms with Crippen LogP contribution in [0.5, 0.6) is 0 Å². The van der Waals surface area contributed by atoms with Crippen LogP contribution >= 0.6 is 0 Å². The number of nitrogens with two attached hydrogens (primary N) is 1. The summed E-state index contributed by atoms with van der Waals surface area (Å²) in [4.78, 5) is 0. The van der Waals surface area contributed by atoms with E-state index in [0.717, 1.165) is 16.7 Å². The van der Waals surface area contributed by atoms with E-state index in [4.69, 9.17) is 14.0 Å². The smallest absolute Gasteiger partial charge is 0.0618 e. The standard InChI is InChI=1S/C30H32N2/c1-20-15-21(2)17-23(16-20)26-19-24(30(3,4)5)18-25(22-11-7-6-8-12-22)29(26)32-28-14-10-9-13-27(28)31/h6-19,32H,31H2,1-5H3/i1D3,2D3. The summed E-state index contributed by atoms with van der Waals surface area (Å²) in [6.07, 6.45) is 0. The van der Waals surface area contributed by atoms with Crippen LogP contribution in [0.2, 0.25) is 0 Å². The van der Waals surface area contributed by atoms with Crippen molar-refractivity contribution in [3.05, 3.63) is 102 Å². The highest BCUT2D eigenvalue weighted by Gasteiger charge is 2.21. The lowest BCUT2D eigenvalue weighted by molar-refractivity contribution is 0.591. The topological polar surface area (TPSA) is 38.0 Å². The fraction of sp³-hybridized carbons (Fsp3) is 0.200. The summed E-state index contributed by atoms with van der Waals surface area (Å²) in [6.45, 7) is 1.37. The summed E-state index contributed by atoms with van der Waals surface area (Å²) in [5.41, 5.74) is 12.0. The first-order valence-electron chi connectivity index (χ1n) is 13.7. The monoisotopic (exact) mass is 426 g/mol. The predicted molar refractivity (Wildman–Crippen MR) is 140 cm³/mol. The second-order valence-electron chi connectivity index (χ2n) is 9.07. The summed E-state index contributed by atoms with van der Waals surface area (Å²) in [5, 5.41) is 3.50. The van der Waals surface area contributed by atoms with E-state index in [9.17, 15) is 0 Å². The van der Waals surface area contributed by atoms with Gasteiger partial charge in [-0.3, -0.25) is 0 Å². The Labute approximate surface area is 200 Å². The minimum Gasteiger partial charge on any atom is -0.397 e. The Bertz CT molecular complexity index is 1420. The first-order valence-corrected chi connectivity index (χ1v) is 10.7. The van der Waals surface area contributed by atoms with E-state index in [1.54, 1.807) is 18.2 Å². The number of aryl methyl sites for hydroxylation is 2.